The van der Waals surface area contributed by atoms with E-state index in [1.807, 2.05) is 18.2 Å². The molecule has 2 aromatic heterocycles. The van der Waals surface area contributed by atoms with Gasteiger partial charge in [-0.2, -0.15) is 0 Å². The Morgan fingerprint density at radius 1 is 1.32 bits per heavy atom. The van der Waals surface area contributed by atoms with Gasteiger partial charge in [-0.1, -0.05) is 0 Å². The number of fused-ring (bicyclic) bond motifs is 1. The van der Waals surface area contributed by atoms with Crippen molar-refractivity contribution in [3.63, 3.8) is 0 Å². The zero-order valence-corrected chi connectivity index (χ0v) is 15.9. The second-order valence-corrected chi connectivity index (χ2v) is 7.91. The second kappa shape index (κ2) is 8.40. The van der Waals surface area contributed by atoms with Crippen LogP contribution in [0.25, 0.3) is 11.2 Å². The van der Waals surface area contributed by atoms with Gasteiger partial charge in [0.25, 0.3) is 0 Å². The summed E-state index contributed by atoms with van der Waals surface area (Å²) in [5.41, 5.74) is 1.00. The van der Waals surface area contributed by atoms with Gasteiger partial charge in [0.2, 0.25) is 0 Å². The van der Waals surface area contributed by atoms with Crippen LogP contribution in [-0.2, 0) is 16.3 Å². The van der Waals surface area contributed by atoms with Gasteiger partial charge in [-0.15, -0.1) is 0 Å². The fourth-order valence-electron chi connectivity index (χ4n) is 2.12. The van der Waals surface area contributed by atoms with Crippen LogP contribution < -0.4 is 9.78 Å². The van der Waals surface area contributed by atoms with Gasteiger partial charge in [0, 0.05) is 0 Å². The van der Waals surface area contributed by atoms with Gasteiger partial charge in [0.1, 0.15) is 0 Å². The molecule has 0 aliphatic rings. The number of anilines is 1. The molecule has 0 atom stereocenters. The number of amides is 1. The van der Waals surface area contributed by atoms with Crippen LogP contribution in [0.4, 0.5) is 5.95 Å². The molecule has 0 saturated carbocycles. The summed E-state index contributed by atoms with van der Waals surface area (Å²) in [6.45, 7) is 2.34. The molecule has 9 heteroatoms. The molecular weight excluding hydrogens is 409 g/mol. The fourth-order valence-corrected chi connectivity index (χ4v) is 3.98. The van der Waals surface area contributed by atoms with Gasteiger partial charge in [-0.05, 0) is 0 Å². The van der Waals surface area contributed by atoms with Crippen molar-refractivity contribution in [1.82, 2.24) is 19.5 Å². The van der Waals surface area contributed by atoms with Crippen molar-refractivity contribution < 1.29 is 9.53 Å². The summed E-state index contributed by atoms with van der Waals surface area (Å²) < 4.78 is 8.81. The topological polar surface area (TPSA) is 81.9 Å². The van der Waals surface area contributed by atoms with Crippen LogP contribution in [0.1, 0.15) is 6.92 Å². The third kappa shape index (κ3) is 4.76. The first-order valence-electron chi connectivity index (χ1n) is 7.55. The summed E-state index contributed by atoms with van der Waals surface area (Å²) in [6, 6.07) is 10.4. The number of carbonyl (C=O) groups is 1. The number of carbonyl (C=O) groups excluding carboxylic acids is 1. The summed E-state index contributed by atoms with van der Waals surface area (Å²) in [6.07, 6.45) is 1.60. The first-order chi connectivity index (χ1) is 12.1. The van der Waals surface area contributed by atoms with Gasteiger partial charge in [0.05, 0.1) is 0 Å². The molecule has 1 aromatic carbocycles. The second-order valence-electron chi connectivity index (χ2n) is 5.10. The molecule has 0 saturated heterocycles. The maximum absolute atomic E-state index is 11.2. The molecular formula is C16H16ClN5O2Se. The minimum absolute atomic E-state index is 0.152. The van der Waals surface area contributed by atoms with E-state index in [9.17, 15) is 4.79 Å². The third-order valence-corrected chi connectivity index (χ3v) is 5.49. The van der Waals surface area contributed by atoms with Gasteiger partial charge in [-0.3, -0.25) is 0 Å². The number of hydrogen-bond acceptors (Lipinski definition) is 5. The van der Waals surface area contributed by atoms with Crippen LogP contribution in [0.5, 0.6) is 0 Å². The Morgan fingerprint density at radius 3 is 2.88 bits per heavy atom. The van der Waals surface area contributed by atoms with Crippen molar-refractivity contribution in [3.8, 4) is 0 Å². The molecule has 3 aromatic rings. The average molecular weight is 425 g/mol. The summed E-state index contributed by atoms with van der Waals surface area (Å²) in [5, 5.41) is 3.70. The van der Waals surface area contributed by atoms with E-state index < -0.39 is 0 Å². The summed E-state index contributed by atoms with van der Waals surface area (Å²) in [4.78, 5) is 23.7. The van der Waals surface area contributed by atoms with Crippen LogP contribution >= 0.6 is 11.6 Å². The number of hydrogen-bond donors (Lipinski definition) is 1. The first kappa shape index (κ1) is 17.8. The predicted octanol–water partition coefficient (Wildman–Crippen LogP) is 1.86. The fraction of sp³-hybridized carbons (Fsp3) is 0.250. The van der Waals surface area contributed by atoms with Crippen molar-refractivity contribution in [2.45, 2.75) is 19.0 Å². The molecule has 0 radical (unpaired) electrons. The first-order valence-corrected chi connectivity index (χ1v) is 9.99. The summed E-state index contributed by atoms with van der Waals surface area (Å²) in [7, 11) is 0. The van der Waals surface area contributed by atoms with Crippen molar-refractivity contribution in [3.05, 3.63) is 41.8 Å². The molecule has 0 spiro atoms. The Balaban J connectivity index is 1.59. The van der Waals surface area contributed by atoms with Crippen molar-refractivity contribution in [2.24, 2.45) is 0 Å². The number of nitrogens with one attached hydrogen (secondary N) is 1. The molecule has 0 bridgehead atoms. The molecule has 0 fully saturated rings. The number of halogens is 1. The van der Waals surface area contributed by atoms with E-state index in [1.165, 1.54) is 11.4 Å². The van der Waals surface area contributed by atoms with Gasteiger partial charge in [0.15, 0.2) is 0 Å². The van der Waals surface area contributed by atoms with Crippen LogP contribution in [0.15, 0.2) is 36.7 Å². The Kier molecular flexibility index (Phi) is 5.99. The summed E-state index contributed by atoms with van der Waals surface area (Å²) >= 11 is 6.49. The van der Waals surface area contributed by atoms with Crippen LogP contribution in [0.2, 0.25) is 10.5 Å². The van der Waals surface area contributed by atoms with E-state index in [-0.39, 0.29) is 17.0 Å². The SMILES string of the molecule is CC(=O)Nc1nc(Cl)c2ncn(COCC[Se]c3ccccc3)c2n1. The molecule has 1 amide bonds. The molecule has 2 heterocycles. The van der Waals surface area contributed by atoms with Crippen LogP contribution in [0.3, 0.4) is 0 Å². The summed E-state index contributed by atoms with van der Waals surface area (Å²) in [5.74, 6) is -0.111. The number of aromatic nitrogens is 4. The number of ether oxygens (including phenoxy) is 1. The van der Waals surface area contributed by atoms with E-state index in [0.717, 1.165) is 5.32 Å². The minimum atomic E-state index is -0.263. The van der Waals surface area contributed by atoms with Crippen molar-refractivity contribution in [2.75, 3.05) is 11.9 Å². The van der Waals surface area contributed by atoms with E-state index >= 15 is 0 Å². The standard InChI is InChI=1S/C16H16ClN5O2Se/c1-11(23)19-16-20-14(17)13-15(21-16)22(9-18-13)10-24-7-8-25-12-5-3-2-4-6-12/h2-6,9H,7-8,10H2,1H3,(H,19,20,21,23). The van der Waals surface area contributed by atoms with Crippen molar-refractivity contribution in [1.29, 1.82) is 0 Å². The number of nitrogens with zero attached hydrogens (tertiary/aromatic N) is 4. The number of benzene rings is 1. The Morgan fingerprint density at radius 2 is 2.12 bits per heavy atom. The van der Waals surface area contributed by atoms with E-state index in [4.69, 9.17) is 16.3 Å². The molecule has 25 heavy (non-hydrogen) atoms. The zero-order valence-electron chi connectivity index (χ0n) is 13.5. The molecule has 7 nitrogen and oxygen atoms in total. The number of imidazole rings is 1. The van der Waals surface area contributed by atoms with Gasteiger partial charge < -0.3 is 0 Å². The molecule has 0 aliphatic carbocycles. The quantitative estimate of drug-likeness (QED) is 0.356. The van der Waals surface area contributed by atoms with E-state index in [0.29, 0.717) is 39.5 Å². The maximum atomic E-state index is 11.2. The normalized spacial score (nSPS) is 11.0. The van der Waals surface area contributed by atoms with Gasteiger partial charge in [-0.25, -0.2) is 0 Å². The molecule has 130 valence electrons. The Bertz CT molecular complexity index is 872. The third-order valence-electron chi connectivity index (χ3n) is 3.18. The average Bonchev–Trinajstić information content (AvgIpc) is 2.98. The van der Waals surface area contributed by atoms with E-state index in [1.54, 1.807) is 10.9 Å². The molecule has 1 N–H and O–H groups in total. The Hall–Kier alpha value is -1.99. The zero-order chi connectivity index (χ0) is 17.6. The van der Waals surface area contributed by atoms with Crippen LogP contribution in [-0.4, -0.2) is 47.0 Å². The van der Waals surface area contributed by atoms with Crippen LogP contribution in [0, 0.1) is 0 Å². The molecule has 3 rings (SSSR count). The van der Waals surface area contributed by atoms with Gasteiger partial charge >= 0.3 is 156 Å². The number of rotatable bonds is 7. The van der Waals surface area contributed by atoms with Crippen molar-refractivity contribution >= 4 is 54.0 Å². The monoisotopic (exact) mass is 425 g/mol. The predicted molar refractivity (Wildman–Crippen MR) is 97.2 cm³/mol. The molecule has 0 aliphatic heterocycles. The van der Waals surface area contributed by atoms with E-state index in [2.05, 4.69) is 32.4 Å². The molecule has 0 unspecified atom stereocenters. The Labute approximate surface area is 155 Å².